The van der Waals surface area contributed by atoms with Gasteiger partial charge < -0.3 is 9.73 Å². The molecule has 0 aliphatic heterocycles. The highest BCUT2D eigenvalue weighted by molar-refractivity contribution is 5.93. The Morgan fingerprint density at radius 1 is 1.20 bits per heavy atom. The topological polar surface area (TPSA) is 55.1 Å². The van der Waals surface area contributed by atoms with Crippen LogP contribution in [0.15, 0.2) is 46.9 Å². The summed E-state index contributed by atoms with van der Waals surface area (Å²) >= 11 is 0. The Balaban J connectivity index is 1.92. The van der Waals surface area contributed by atoms with Gasteiger partial charge in [-0.05, 0) is 42.8 Å². The number of alkyl halides is 3. The van der Waals surface area contributed by atoms with Gasteiger partial charge in [-0.1, -0.05) is 13.0 Å². The third-order valence-electron chi connectivity index (χ3n) is 3.59. The molecule has 0 fully saturated rings. The summed E-state index contributed by atoms with van der Waals surface area (Å²) in [6.07, 6.45) is -3.29. The molecule has 0 radical (unpaired) electrons. The molecule has 7 heteroatoms. The van der Waals surface area contributed by atoms with E-state index in [1.807, 2.05) is 6.92 Å². The first-order valence-electron chi connectivity index (χ1n) is 7.75. The Kier molecular flexibility index (Phi) is 4.48. The summed E-state index contributed by atoms with van der Waals surface area (Å²) in [5.41, 5.74) is 0.930. The number of nitrogens with zero attached hydrogens (tertiary/aromatic N) is 1. The zero-order valence-electron chi connectivity index (χ0n) is 13.4. The lowest BCUT2D eigenvalue weighted by molar-refractivity contribution is -0.137. The molecule has 0 saturated heterocycles. The molecule has 25 heavy (non-hydrogen) atoms. The molecule has 1 N–H and O–H groups in total. The van der Waals surface area contributed by atoms with Crippen molar-refractivity contribution in [1.82, 2.24) is 4.98 Å². The van der Waals surface area contributed by atoms with Crippen LogP contribution in [0.1, 0.15) is 25.3 Å². The van der Waals surface area contributed by atoms with Crippen LogP contribution in [0.5, 0.6) is 0 Å². The highest BCUT2D eigenvalue weighted by Gasteiger charge is 2.30. The van der Waals surface area contributed by atoms with Gasteiger partial charge in [0.25, 0.3) is 0 Å². The van der Waals surface area contributed by atoms with E-state index < -0.39 is 11.7 Å². The summed E-state index contributed by atoms with van der Waals surface area (Å²) in [6.45, 7) is 1.90. The van der Waals surface area contributed by atoms with Crippen molar-refractivity contribution in [2.24, 2.45) is 0 Å². The number of hydrogen-bond donors (Lipinski definition) is 1. The van der Waals surface area contributed by atoms with Gasteiger partial charge >= 0.3 is 6.18 Å². The molecule has 2 aromatic carbocycles. The van der Waals surface area contributed by atoms with Crippen molar-refractivity contribution in [3.63, 3.8) is 0 Å². The Bertz CT molecular complexity index is 916. The molecule has 0 saturated carbocycles. The van der Waals surface area contributed by atoms with Crippen molar-refractivity contribution < 1.29 is 22.4 Å². The normalized spacial score (nSPS) is 11.7. The molecule has 0 atom stereocenters. The van der Waals surface area contributed by atoms with E-state index in [1.165, 1.54) is 12.1 Å². The van der Waals surface area contributed by atoms with E-state index in [-0.39, 0.29) is 17.4 Å². The summed E-state index contributed by atoms with van der Waals surface area (Å²) in [5.74, 6) is -0.0124. The molecule has 0 aliphatic rings. The third-order valence-corrected chi connectivity index (χ3v) is 3.59. The van der Waals surface area contributed by atoms with Crippen LogP contribution in [0.3, 0.4) is 0 Å². The van der Waals surface area contributed by atoms with Crippen LogP contribution < -0.4 is 5.32 Å². The van der Waals surface area contributed by atoms with Gasteiger partial charge in [-0.15, -0.1) is 0 Å². The highest BCUT2D eigenvalue weighted by atomic mass is 19.4. The molecule has 3 aromatic rings. The number of nitrogens with one attached hydrogen (secondary N) is 1. The average molecular weight is 348 g/mol. The molecule has 0 aliphatic carbocycles. The molecule has 0 unspecified atom stereocenters. The van der Waals surface area contributed by atoms with Crippen LogP contribution in [-0.2, 0) is 11.0 Å². The lowest BCUT2D eigenvalue weighted by atomic mass is 10.1. The second-order valence-electron chi connectivity index (χ2n) is 5.58. The average Bonchev–Trinajstić information content (AvgIpc) is 2.97. The number of carbonyl (C=O) groups is 1. The summed E-state index contributed by atoms with van der Waals surface area (Å²) in [4.78, 5) is 15.9. The van der Waals surface area contributed by atoms with Crippen molar-refractivity contribution in [3.05, 3.63) is 48.0 Å². The molecule has 1 amide bonds. The number of carbonyl (C=O) groups excluding carboxylic acids is 1. The maximum absolute atomic E-state index is 12.8. The van der Waals surface area contributed by atoms with E-state index in [0.29, 0.717) is 23.2 Å². The molecule has 1 heterocycles. The van der Waals surface area contributed by atoms with Crippen LogP contribution in [0.25, 0.3) is 22.6 Å². The zero-order chi connectivity index (χ0) is 18.0. The molecule has 1 aromatic heterocycles. The molecule has 3 rings (SSSR count). The van der Waals surface area contributed by atoms with E-state index >= 15 is 0 Å². The summed E-state index contributed by atoms with van der Waals surface area (Å²) in [7, 11) is 0. The SMILES string of the molecule is CCCC(=O)Nc1ccc2oc(-c3cccc(C(F)(F)F)c3)nc2c1. The Labute approximate surface area is 141 Å². The molecule has 0 bridgehead atoms. The Hall–Kier alpha value is -2.83. The second kappa shape index (κ2) is 6.58. The number of hydrogen-bond acceptors (Lipinski definition) is 3. The van der Waals surface area contributed by atoms with Gasteiger partial charge in [0.05, 0.1) is 5.56 Å². The van der Waals surface area contributed by atoms with E-state index in [1.54, 1.807) is 18.2 Å². The fourth-order valence-electron chi connectivity index (χ4n) is 2.41. The quantitative estimate of drug-likeness (QED) is 0.700. The number of benzene rings is 2. The number of aromatic nitrogens is 1. The van der Waals surface area contributed by atoms with E-state index in [2.05, 4.69) is 10.3 Å². The predicted octanol–water partition coefficient (Wildman–Crippen LogP) is 5.25. The van der Waals surface area contributed by atoms with Gasteiger partial charge in [0.15, 0.2) is 5.58 Å². The summed E-state index contributed by atoms with van der Waals surface area (Å²) < 4.78 is 44.0. The van der Waals surface area contributed by atoms with Crippen LogP contribution in [0.2, 0.25) is 0 Å². The van der Waals surface area contributed by atoms with E-state index in [9.17, 15) is 18.0 Å². The van der Waals surface area contributed by atoms with Crippen LogP contribution >= 0.6 is 0 Å². The minimum absolute atomic E-state index is 0.0955. The number of oxazole rings is 1. The largest absolute Gasteiger partial charge is 0.436 e. The first-order valence-corrected chi connectivity index (χ1v) is 7.75. The maximum atomic E-state index is 12.8. The number of amides is 1. The fraction of sp³-hybridized carbons (Fsp3) is 0.222. The lowest BCUT2D eigenvalue weighted by Gasteiger charge is -2.06. The van der Waals surface area contributed by atoms with E-state index in [4.69, 9.17) is 4.42 Å². The minimum Gasteiger partial charge on any atom is -0.436 e. The standard InChI is InChI=1S/C18H15F3N2O2/c1-2-4-16(24)22-13-7-8-15-14(10-13)23-17(25-15)11-5-3-6-12(9-11)18(19,20)21/h3,5-10H,2,4H2,1H3,(H,22,24). The monoisotopic (exact) mass is 348 g/mol. The maximum Gasteiger partial charge on any atom is 0.416 e. The van der Waals surface area contributed by atoms with Crippen LogP contribution in [0.4, 0.5) is 18.9 Å². The van der Waals surface area contributed by atoms with E-state index in [0.717, 1.165) is 18.6 Å². The summed E-state index contributed by atoms with van der Waals surface area (Å²) in [5, 5.41) is 2.74. The number of fused-ring (bicyclic) bond motifs is 1. The van der Waals surface area contributed by atoms with Gasteiger partial charge in [-0.3, -0.25) is 4.79 Å². The number of rotatable bonds is 4. The van der Waals surface area contributed by atoms with Gasteiger partial charge in [0.1, 0.15) is 5.52 Å². The smallest absolute Gasteiger partial charge is 0.416 e. The van der Waals surface area contributed by atoms with Gasteiger partial charge in [0.2, 0.25) is 11.8 Å². The lowest BCUT2D eigenvalue weighted by Crippen LogP contribution is -2.10. The zero-order valence-corrected chi connectivity index (χ0v) is 13.4. The summed E-state index contributed by atoms with van der Waals surface area (Å²) in [6, 6.07) is 9.72. The van der Waals surface area contributed by atoms with Crippen molar-refractivity contribution in [2.45, 2.75) is 25.9 Å². The highest BCUT2D eigenvalue weighted by Crippen LogP contribution is 2.33. The van der Waals surface area contributed by atoms with Crippen molar-refractivity contribution in [1.29, 1.82) is 0 Å². The van der Waals surface area contributed by atoms with Crippen LogP contribution in [0, 0.1) is 0 Å². The minimum atomic E-state index is -4.43. The molecule has 4 nitrogen and oxygen atoms in total. The first kappa shape index (κ1) is 17.0. The number of anilines is 1. The Morgan fingerprint density at radius 3 is 2.72 bits per heavy atom. The fourth-order valence-corrected chi connectivity index (χ4v) is 2.41. The van der Waals surface area contributed by atoms with Gasteiger partial charge in [0, 0.05) is 17.7 Å². The second-order valence-corrected chi connectivity index (χ2v) is 5.58. The first-order chi connectivity index (χ1) is 11.9. The third kappa shape index (κ3) is 3.81. The van der Waals surface area contributed by atoms with Crippen LogP contribution in [-0.4, -0.2) is 10.9 Å². The molecule has 0 spiro atoms. The van der Waals surface area contributed by atoms with Crippen molar-refractivity contribution >= 4 is 22.7 Å². The molecular weight excluding hydrogens is 333 g/mol. The Morgan fingerprint density at radius 2 is 2.00 bits per heavy atom. The molecule has 130 valence electrons. The predicted molar refractivity (Wildman–Crippen MR) is 88.0 cm³/mol. The van der Waals surface area contributed by atoms with Crippen molar-refractivity contribution in [3.8, 4) is 11.5 Å². The number of halogens is 3. The molecular formula is C18H15F3N2O2. The van der Waals surface area contributed by atoms with Gasteiger partial charge in [-0.2, -0.15) is 13.2 Å². The van der Waals surface area contributed by atoms with Crippen molar-refractivity contribution in [2.75, 3.05) is 5.32 Å². The van der Waals surface area contributed by atoms with Gasteiger partial charge in [-0.25, -0.2) is 4.98 Å².